The Kier molecular flexibility index (Phi) is 7.33. The number of nitro benzene ring substituents is 1. The Morgan fingerprint density at radius 1 is 0.923 bits per heavy atom. The van der Waals surface area contributed by atoms with Crippen molar-refractivity contribution in [3.8, 4) is 11.3 Å². The van der Waals surface area contributed by atoms with Crippen LogP contribution in [0.25, 0.3) is 11.3 Å². The lowest BCUT2D eigenvalue weighted by Crippen LogP contribution is -2.49. The van der Waals surface area contributed by atoms with Gasteiger partial charge in [0.2, 0.25) is 0 Å². The number of furan rings is 1. The van der Waals surface area contributed by atoms with Crippen molar-refractivity contribution in [3.63, 3.8) is 0 Å². The monoisotopic (exact) mass is 544 g/mol. The summed E-state index contributed by atoms with van der Waals surface area (Å²) in [6.45, 7) is 4.05. The smallest absolute Gasteiger partial charge is 0.291 e. The second-order valence-electron chi connectivity index (χ2n) is 9.17. The number of para-hydroxylation sites is 2. The molecule has 1 aromatic heterocycles. The van der Waals surface area contributed by atoms with Crippen molar-refractivity contribution in [2.24, 2.45) is 0 Å². The van der Waals surface area contributed by atoms with Gasteiger partial charge in [-0.3, -0.25) is 19.7 Å². The summed E-state index contributed by atoms with van der Waals surface area (Å²) >= 11 is 6.57. The number of hydrogen-bond donors (Lipinski definition) is 1. The number of amides is 2. The first-order chi connectivity index (χ1) is 18.8. The number of piperazine rings is 1. The molecule has 198 valence electrons. The van der Waals surface area contributed by atoms with E-state index in [1.807, 2.05) is 41.0 Å². The van der Waals surface area contributed by atoms with Crippen molar-refractivity contribution >= 4 is 40.5 Å². The van der Waals surface area contributed by atoms with Crippen LogP contribution in [0.3, 0.4) is 0 Å². The Bertz CT molecular complexity index is 1540. The van der Waals surface area contributed by atoms with Crippen molar-refractivity contribution < 1.29 is 18.9 Å². The number of anilines is 2. The van der Waals surface area contributed by atoms with Crippen LogP contribution in [0.4, 0.5) is 17.1 Å². The van der Waals surface area contributed by atoms with Gasteiger partial charge in [-0.1, -0.05) is 47.5 Å². The van der Waals surface area contributed by atoms with Crippen LogP contribution >= 0.6 is 11.6 Å². The molecule has 0 bridgehead atoms. The largest absolute Gasteiger partial charge is 0.451 e. The number of rotatable bonds is 6. The molecule has 1 N–H and O–H groups in total. The fourth-order valence-electron chi connectivity index (χ4n) is 4.58. The molecule has 0 spiro atoms. The van der Waals surface area contributed by atoms with Crippen molar-refractivity contribution in [1.29, 1.82) is 0 Å². The van der Waals surface area contributed by atoms with Crippen LogP contribution < -0.4 is 10.2 Å². The van der Waals surface area contributed by atoms with Crippen LogP contribution in [-0.2, 0) is 0 Å². The summed E-state index contributed by atoms with van der Waals surface area (Å²) in [6, 6.07) is 21.9. The van der Waals surface area contributed by atoms with Gasteiger partial charge in [-0.25, -0.2) is 0 Å². The van der Waals surface area contributed by atoms with E-state index in [-0.39, 0.29) is 28.7 Å². The molecule has 3 aromatic carbocycles. The van der Waals surface area contributed by atoms with Gasteiger partial charge in [0, 0.05) is 37.8 Å². The van der Waals surface area contributed by atoms with Crippen molar-refractivity contribution in [2.45, 2.75) is 6.92 Å². The van der Waals surface area contributed by atoms with Crippen LogP contribution in [0.15, 0.2) is 83.3 Å². The molecule has 0 aliphatic carbocycles. The Hall–Kier alpha value is -4.63. The Labute approximate surface area is 229 Å². The Morgan fingerprint density at radius 3 is 2.36 bits per heavy atom. The standard InChI is InChI=1S/C29H25ClN4O5/c1-19-9-11-20(12-10-19)29(36)33-17-15-32(16-18-33)27-22(30)6-4-7-23(27)31-28(35)26-14-13-25(39-26)21-5-2-3-8-24(21)34(37)38/h2-14H,15-18H2,1H3,(H,31,35). The maximum absolute atomic E-state index is 13.1. The maximum atomic E-state index is 13.1. The van der Waals surface area contributed by atoms with E-state index in [0.29, 0.717) is 48.1 Å². The number of nitro groups is 1. The highest BCUT2D eigenvalue weighted by Crippen LogP contribution is 2.36. The predicted molar refractivity (Wildman–Crippen MR) is 149 cm³/mol. The van der Waals surface area contributed by atoms with Crippen molar-refractivity contribution in [1.82, 2.24) is 4.90 Å². The molecule has 0 saturated carbocycles. The van der Waals surface area contributed by atoms with Gasteiger partial charge in [0.05, 0.1) is 26.9 Å². The molecule has 1 aliphatic heterocycles. The first kappa shape index (κ1) is 26.0. The Morgan fingerprint density at radius 2 is 1.64 bits per heavy atom. The summed E-state index contributed by atoms with van der Waals surface area (Å²) in [7, 11) is 0. The molecule has 10 heteroatoms. The minimum Gasteiger partial charge on any atom is -0.451 e. The van der Waals surface area contributed by atoms with E-state index in [1.165, 1.54) is 18.2 Å². The van der Waals surface area contributed by atoms with E-state index in [1.54, 1.807) is 36.4 Å². The fourth-order valence-corrected chi connectivity index (χ4v) is 4.87. The lowest BCUT2D eigenvalue weighted by Gasteiger charge is -2.37. The van der Waals surface area contributed by atoms with E-state index in [2.05, 4.69) is 5.32 Å². The zero-order valence-electron chi connectivity index (χ0n) is 21.1. The highest BCUT2D eigenvalue weighted by Gasteiger charge is 2.26. The number of carbonyl (C=O) groups excluding carboxylic acids is 2. The molecule has 0 radical (unpaired) electrons. The first-order valence-electron chi connectivity index (χ1n) is 12.4. The fraction of sp³-hybridized carbons (Fsp3) is 0.172. The molecule has 2 heterocycles. The highest BCUT2D eigenvalue weighted by atomic mass is 35.5. The zero-order chi connectivity index (χ0) is 27.5. The summed E-state index contributed by atoms with van der Waals surface area (Å²) in [6.07, 6.45) is 0. The van der Waals surface area contributed by atoms with E-state index in [0.717, 1.165) is 5.56 Å². The quantitative estimate of drug-likeness (QED) is 0.234. The number of nitrogens with one attached hydrogen (secondary N) is 1. The first-order valence-corrected chi connectivity index (χ1v) is 12.7. The minimum atomic E-state index is -0.517. The van der Waals surface area contributed by atoms with Gasteiger partial charge < -0.3 is 19.5 Å². The number of aryl methyl sites for hydroxylation is 1. The second-order valence-corrected chi connectivity index (χ2v) is 9.58. The van der Waals surface area contributed by atoms with E-state index < -0.39 is 10.8 Å². The van der Waals surface area contributed by atoms with E-state index in [9.17, 15) is 19.7 Å². The third-order valence-electron chi connectivity index (χ3n) is 6.61. The third kappa shape index (κ3) is 5.49. The minimum absolute atomic E-state index is 0.00240. The molecule has 1 fully saturated rings. The molecule has 0 atom stereocenters. The molecule has 9 nitrogen and oxygen atoms in total. The average Bonchev–Trinajstić information content (AvgIpc) is 3.44. The van der Waals surface area contributed by atoms with Gasteiger partial charge in [0.1, 0.15) is 5.76 Å². The van der Waals surface area contributed by atoms with Crippen LogP contribution in [0.5, 0.6) is 0 Å². The SMILES string of the molecule is Cc1ccc(C(=O)N2CCN(c3c(Cl)cccc3NC(=O)c3ccc(-c4ccccc4[N+](=O)[O-])o3)CC2)cc1. The van der Waals surface area contributed by atoms with Gasteiger partial charge in [-0.05, 0) is 49.4 Å². The summed E-state index contributed by atoms with van der Waals surface area (Å²) in [4.78, 5) is 40.8. The third-order valence-corrected chi connectivity index (χ3v) is 6.92. The van der Waals surface area contributed by atoms with Crippen LogP contribution in [0.1, 0.15) is 26.5 Å². The number of halogens is 1. The molecule has 4 aromatic rings. The molecular weight excluding hydrogens is 520 g/mol. The predicted octanol–water partition coefficient (Wildman–Crippen LogP) is 6.03. The summed E-state index contributed by atoms with van der Waals surface area (Å²) in [5.74, 6) is -0.318. The van der Waals surface area contributed by atoms with Crippen LogP contribution in [0, 0.1) is 17.0 Å². The van der Waals surface area contributed by atoms with Gasteiger partial charge in [0.15, 0.2) is 5.76 Å². The van der Waals surface area contributed by atoms with Crippen LogP contribution in [-0.4, -0.2) is 47.8 Å². The van der Waals surface area contributed by atoms with E-state index in [4.69, 9.17) is 16.0 Å². The normalized spacial score (nSPS) is 13.3. The Balaban J connectivity index is 1.30. The topological polar surface area (TPSA) is 109 Å². The molecule has 1 aliphatic rings. The lowest BCUT2D eigenvalue weighted by atomic mass is 10.1. The van der Waals surface area contributed by atoms with Crippen molar-refractivity contribution in [3.05, 3.63) is 111 Å². The number of carbonyl (C=O) groups is 2. The lowest BCUT2D eigenvalue weighted by molar-refractivity contribution is -0.384. The summed E-state index contributed by atoms with van der Waals surface area (Å²) < 4.78 is 5.69. The maximum Gasteiger partial charge on any atom is 0.291 e. The zero-order valence-corrected chi connectivity index (χ0v) is 21.9. The summed E-state index contributed by atoms with van der Waals surface area (Å²) in [5.41, 5.74) is 3.06. The molecule has 2 amide bonds. The number of hydrogen-bond acceptors (Lipinski definition) is 6. The summed E-state index contributed by atoms with van der Waals surface area (Å²) in [5, 5.41) is 14.7. The molecule has 0 unspecified atom stereocenters. The van der Waals surface area contributed by atoms with Crippen molar-refractivity contribution in [2.75, 3.05) is 36.4 Å². The second kappa shape index (κ2) is 11.0. The number of benzene rings is 3. The van der Waals surface area contributed by atoms with Gasteiger partial charge in [-0.15, -0.1) is 0 Å². The van der Waals surface area contributed by atoms with Gasteiger partial charge in [-0.2, -0.15) is 0 Å². The number of nitrogens with zero attached hydrogens (tertiary/aromatic N) is 3. The molecule has 1 saturated heterocycles. The molecular formula is C29H25ClN4O5. The van der Waals surface area contributed by atoms with Crippen LogP contribution in [0.2, 0.25) is 5.02 Å². The van der Waals surface area contributed by atoms with Gasteiger partial charge in [0.25, 0.3) is 17.5 Å². The molecule has 39 heavy (non-hydrogen) atoms. The van der Waals surface area contributed by atoms with E-state index >= 15 is 0 Å². The van der Waals surface area contributed by atoms with Gasteiger partial charge >= 0.3 is 0 Å². The highest BCUT2D eigenvalue weighted by molar-refractivity contribution is 6.34. The molecule has 5 rings (SSSR count). The average molecular weight is 545 g/mol.